The molecule has 0 fully saturated rings. The van der Waals surface area contributed by atoms with Crippen LogP contribution in [0.3, 0.4) is 0 Å². The van der Waals surface area contributed by atoms with Crippen LogP contribution in [0.5, 0.6) is 0 Å². The molecule has 0 amide bonds. The highest BCUT2D eigenvalue weighted by atomic mass is 14.0. The smallest absolute Gasteiger partial charge is 0.0184 e. The molecule has 13 heavy (non-hydrogen) atoms. The largest absolute Gasteiger partial charge is 0.0984 e. The SMILES string of the molecule is C=Cc1ccc(C(=C)C)cc1C=C. The molecule has 0 aliphatic heterocycles. The summed E-state index contributed by atoms with van der Waals surface area (Å²) in [5.74, 6) is 0. The van der Waals surface area contributed by atoms with Crippen molar-refractivity contribution in [2.24, 2.45) is 0 Å². The monoisotopic (exact) mass is 170 g/mol. The molecule has 1 aromatic carbocycles. The van der Waals surface area contributed by atoms with Crippen LogP contribution in [0.25, 0.3) is 17.7 Å². The van der Waals surface area contributed by atoms with E-state index in [9.17, 15) is 0 Å². The molecule has 66 valence electrons. The number of rotatable bonds is 3. The molecule has 0 nitrogen and oxygen atoms in total. The van der Waals surface area contributed by atoms with Gasteiger partial charge >= 0.3 is 0 Å². The first-order valence-electron chi connectivity index (χ1n) is 4.24. The van der Waals surface area contributed by atoms with E-state index in [2.05, 4.69) is 25.8 Å². The van der Waals surface area contributed by atoms with Crippen molar-refractivity contribution in [3.8, 4) is 0 Å². The van der Waals surface area contributed by atoms with Gasteiger partial charge in [0.25, 0.3) is 0 Å². The van der Waals surface area contributed by atoms with E-state index < -0.39 is 0 Å². The fourth-order valence-corrected chi connectivity index (χ4v) is 1.20. The Morgan fingerprint density at radius 2 is 1.77 bits per heavy atom. The Bertz CT molecular complexity index is 356. The molecule has 0 aliphatic carbocycles. The topological polar surface area (TPSA) is 0 Å². The number of benzene rings is 1. The highest BCUT2D eigenvalue weighted by Crippen LogP contribution is 2.18. The minimum Gasteiger partial charge on any atom is -0.0984 e. The summed E-state index contributed by atoms with van der Waals surface area (Å²) in [6.45, 7) is 13.4. The molecule has 1 aromatic rings. The first kappa shape index (κ1) is 9.53. The summed E-state index contributed by atoms with van der Waals surface area (Å²) in [4.78, 5) is 0. The van der Waals surface area contributed by atoms with Crippen molar-refractivity contribution in [2.45, 2.75) is 6.92 Å². The highest BCUT2D eigenvalue weighted by Gasteiger charge is 1.98. The Kier molecular flexibility index (Phi) is 2.86. The van der Waals surface area contributed by atoms with Gasteiger partial charge in [-0.3, -0.25) is 0 Å². The summed E-state index contributed by atoms with van der Waals surface area (Å²) in [6.07, 6.45) is 3.67. The van der Waals surface area contributed by atoms with Gasteiger partial charge in [0.15, 0.2) is 0 Å². The van der Waals surface area contributed by atoms with E-state index in [4.69, 9.17) is 0 Å². The fraction of sp³-hybridized carbons (Fsp3) is 0.0769. The molecule has 0 bridgehead atoms. The molecule has 0 heterocycles. The molecule has 0 aromatic heterocycles. The van der Waals surface area contributed by atoms with E-state index in [1.165, 1.54) is 0 Å². The molecule has 0 atom stereocenters. The molecule has 0 aliphatic rings. The van der Waals surface area contributed by atoms with Crippen LogP contribution < -0.4 is 0 Å². The lowest BCUT2D eigenvalue weighted by atomic mass is 10.0. The van der Waals surface area contributed by atoms with Gasteiger partial charge in [-0.15, -0.1) is 0 Å². The average molecular weight is 170 g/mol. The van der Waals surface area contributed by atoms with Crippen LogP contribution in [0.4, 0.5) is 0 Å². The van der Waals surface area contributed by atoms with Crippen molar-refractivity contribution in [1.82, 2.24) is 0 Å². The van der Waals surface area contributed by atoms with Crippen molar-refractivity contribution in [2.75, 3.05) is 0 Å². The summed E-state index contributed by atoms with van der Waals surface area (Å²) in [7, 11) is 0. The normalized spacial score (nSPS) is 9.31. The second-order valence-corrected chi connectivity index (χ2v) is 3.03. The average Bonchev–Trinajstić information content (AvgIpc) is 2.16. The van der Waals surface area contributed by atoms with E-state index in [0.29, 0.717) is 0 Å². The summed E-state index contributed by atoms with van der Waals surface area (Å²) < 4.78 is 0. The predicted molar refractivity (Wildman–Crippen MR) is 61.3 cm³/mol. The van der Waals surface area contributed by atoms with Gasteiger partial charge in [0.1, 0.15) is 0 Å². The Labute approximate surface area is 79.9 Å². The Balaban J connectivity index is 3.28. The van der Waals surface area contributed by atoms with Crippen molar-refractivity contribution < 1.29 is 0 Å². The third kappa shape index (κ3) is 1.97. The number of allylic oxidation sites excluding steroid dienone is 1. The summed E-state index contributed by atoms with van der Waals surface area (Å²) in [5, 5.41) is 0. The van der Waals surface area contributed by atoms with Crippen LogP contribution >= 0.6 is 0 Å². The van der Waals surface area contributed by atoms with E-state index in [1.807, 2.05) is 31.2 Å². The van der Waals surface area contributed by atoms with E-state index in [0.717, 1.165) is 22.3 Å². The zero-order chi connectivity index (χ0) is 9.84. The molecule has 0 heteroatoms. The molecular weight excluding hydrogens is 156 g/mol. The standard InChI is InChI=1S/C13H14/c1-5-11-7-8-13(10(3)4)9-12(11)6-2/h5-9H,1-3H2,4H3. The minimum absolute atomic E-state index is 1.07. The molecule has 0 saturated heterocycles. The van der Waals surface area contributed by atoms with Crippen LogP contribution in [0.15, 0.2) is 37.9 Å². The van der Waals surface area contributed by atoms with E-state index in [-0.39, 0.29) is 0 Å². The van der Waals surface area contributed by atoms with Crippen LogP contribution in [0.1, 0.15) is 23.6 Å². The molecule has 0 unspecified atom stereocenters. The van der Waals surface area contributed by atoms with Gasteiger partial charge in [0, 0.05) is 0 Å². The van der Waals surface area contributed by atoms with Crippen LogP contribution in [0.2, 0.25) is 0 Å². The van der Waals surface area contributed by atoms with Gasteiger partial charge in [-0.25, -0.2) is 0 Å². The van der Waals surface area contributed by atoms with Crippen LogP contribution in [-0.4, -0.2) is 0 Å². The summed E-state index contributed by atoms with van der Waals surface area (Å²) in [6, 6.07) is 6.16. The fourth-order valence-electron chi connectivity index (χ4n) is 1.20. The number of hydrogen-bond acceptors (Lipinski definition) is 0. The first-order valence-corrected chi connectivity index (χ1v) is 4.24. The lowest BCUT2D eigenvalue weighted by molar-refractivity contribution is 1.54. The molecule has 0 N–H and O–H groups in total. The van der Waals surface area contributed by atoms with Gasteiger partial charge in [0.2, 0.25) is 0 Å². The maximum Gasteiger partial charge on any atom is -0.0184 e. The lowest BCUT2D eigenvalue weighted by Crippen LogP contribution is -1.84. The molecule has 0 spiro atoms. The Morgan fingerprint density at radius 3 is 2.23 bits per heavy atom. The van der Waals surface area contributed by atoms with Gasteiger partial charge < -0.3 is 0 Å². The van der Waals surface area contributed by atoms with Gasteiger partial charge in [-0.2, -0.15) is 0 Å². The maximum atomic E-state index is 3.90. The highest BCUT2D eigenvalue weighted by molar-refractivity contribution is 5.70. The predicted octanol–water partition coefficient (Wildman–Crippen LogP) is 4.01. The van der Waals surface area contributed by atoms with Gasteiger partial charge in [-0.1, -0.05) is 49.6 Å². The van der Waals surface area contributed by atoms with Crippen molar-refractivity contribution in [3.63, 3.8) is 0 Å². The summed E-state index contributed by atoms with van der Waals surface area (Å²) in [5.41, 5.74) is 4.44. The minimum atomic E-state index is 1.07. The second-order valence-electron chi connectivity index (χ2n) is 3.03. The van der Waals surface area contributed by atoms with E-state index in [1.54, 1.807) is 0 Å². The van der Waals surface area contributed by atoms with Gasteiger partial charge in [-0.05, 0) is 29.7 Å². The van der Waals surface area contributed by atoms with E-state index >= 15 is 0 Å². The molecule has 0 radical (unpaired) electrons. The van der Waals surface area contributed by atoms with Crippen LogP contribution in [-0.2, 0) is 0 Å². The quantitative estimate of drug-likeness (QED) is 0.643. The third-order valence-electron chi connectivity index (χ3n) is 2.02. The Morgan fingerprint density at radius 1 is 1.15 bits per heavy atom. The molecule has 1 rings (SSSR count). The lowest BCUT2D eigenvalue weighted by Gasteiger charge is -2.04. The number of hydrogen-bond donors (Lipinski definition) is 0. The zero-order valence-electron chi connectivity index (χ0n) is 8.01. The van der Waals surface area contributed by atoms with Crippen molar-refractivity contribution >= 4 is 17.7 Å². The van der Waals surface area contributed by atoms with Crippen molar-refractivity contribution in [1.29, 1.82) is 0 Å². The first-order chi connectivity index (χ1) is 6.19. The van der Waals surface area contributed by atoms with Crippen LogP contribution in [0, 0.1) is 0 Å². The Hall–Kier alpha value is -1.56. The second kappa shape index (κ2) is 3.90. The third-order valence-corrected chi connectivity index (χ3v) is 2.02. The molecule has 0 saturated carbocycles. The summed E-state index contributed by atoms with van der Waals surface area (Å²) >= 11 is 0. The van der Waals surface area contributed by atoms with Crippen molar-refractivity contribution in [3.05, 3.63) is 54.6 Å². The van der Waals surface area contributed by atoms with Gasteiger partial charge in [0.05, 0.1) is 0 Å². The molecular formula is C13H14. The zero-order valence-corrected chi connectivity index (χ0v) is 8.01. The maximum absolute atomic E-state index is 3.90.